The van der Waals surface area contributed by atoms with E-state index in [2.05, 4.69) is 26.1 Å². The maximum absolute atomic E-state index is 14.1. The fourth-order valence-corrected chi connectivity index (χ4v) is 5.32. The number of likely N-dealkylation sites (tertiary alicyclic amines) is 1. The Morgan fingerprint density at radius 3 is 2.73 bits per heavy atom. The molecule has 1 saturated heterocycles. The predicted octanol–water partition coefficient (Wildman–Crippen LogP) is 4.73. The Bertz CT molecular complexity index is 736. The normalized spacial score (nSPS) is 19.8. The molecule has 33 heavy (non-hydrogen) atoms. The minimum atomic E-state index is -1.16. The summed E-state index contributed by atoms with van der Waals surface area (Å²) in [4.78, 5) is 15.2. The number of methoxy groups -OCH3 is 1. The number of rotatable bonds is 12. The fourth-order valence-electron chi connectivity index (χ4n) is 5.32. The number of unbranched alkanes of at least 4 members (excludes halogenated alkanes) is 1. The smallest absolute Gasteiger partial charge is 0.222 e. The van der Waals surface area contributed by atoms with Crippen LogP contribution in [0.3, 0.4) is 0 Å². The second-order valence-corrected chi connectivity index (χ2v) is 11.0. The number of carbonyl (C=O) groups is 1. The number of amides is 1. The van der Waals surface area contributed by atoms with Crippen molar-refractivity contribution in [1.82, 2.24) is 10.2 Å². The molecule has 1 aliphatic heterocycles. The maximum atomic E-state index is 14.1. The van der Waals surface area contributed by atoms with Gasteiger partial charge in [0, 0.05) is 39.1 Å². The summed E-state index contributed by atoms with van der Waals surface area (Å²) in [5, 5.41) is 15.1. The zero-order valence-electron chi connectivity index (χ0n) is 21.3. The Hall–Kier alpha value is -1.50. The molecule has 3 atom stereocenters. The van der Waals surface area contributed by atoms with Crippen LogP contribution in [-0.2, 0) is 15.1 Å². The molecule has 1 aliphatic rings. The van der Waals surface area contributed by atoms with Crippen molar-refractivity contribution < 1.29 is 19.0 Å². The highest BCUT2D eigenvalue weighted by Gasteiger charge is 2.41. The van der Waals surface area contributed by atoms with Gasteiger partial charge in [0.15, 0.2) is 0 Å². The summed E-state index contributed by atoms with van der Waals surface area (Å²) in [6.45, 7) is 9.30. The first kappa shape index (κ1) is 27.7. The highest BCUT2D eigenvalue weighted by atomic mass is 19.1. The average molecular weight is 465 g/mol. The first-order valence-electron chi connectivity index (χ1n) is 12.5. The van der Waals surface area contributed by atoms with E-state index >= 15 is 0 Å². The van der Waals surface area contributed by atoms with E-state index in [1.807, 2.05) is 18.0 Å². The third-order valence-corrected chi connectivity index (χ3v) is 6.79. The second kappa shape index (κ2) is 12.8. The minimum Gasteiger partial charge on any atom is -0.385 e. The highest BCUT2D eigenvalue weighted by Crippen LogP contribution is 2.40. The van der Waals surface area contributed by atoms with Gasteiger partial charge in [0.2, 0.25) is 5.91 Å². The van der Waals surface area contributed by atoms with Crippen molar-refractivity contribution >= 4 is 5.91 Å². The number of nitrogens with one attached hydrogen (secondary N) is 1. The van der Waals surface area contributed by atoms with Gasteiger partial charge in [-0.05, 0) is 81.1 Å². The van der Waals surface area contributed by atoms with E-state index in [9.17, 15) is 14.3 Å². The number of carbonyl (C=O) groups excluding carboxylic acids is 1. The van der Waals surface area contributed by atoms with Gasteiger partial charge in [-0.3, -0.25) is 4.79 Å². The van der Waals surface area contributed by atoms with Gasteiger partial charge in [0.25, 0.3) is 0 Å². The van der Waals surface area contributed by atoms with Crippen LogP contribution in [-0.4, -0.2) is 56.3 Å². The molecule has 1 amide bonds. The van der Waals surface area contributed by atoms with E-state index < -0.39 is 5.60 Å². The second-order valence-electron chi connectivity index (χ2n) is 11.0. The predicted molar refractivity (Wildman–Crippen MR) is 131 cm³/mol. The van der Waals surface area contributed by atoms with Gasteiger partial charge in [-0.2, -0.15) is 0 Å². The van der Waals surface area contributed by atoms with Crippen LogP contribution in [0, 0.1) is 23.1 Å². The zero-order chi connectivity index (χ0) is 24.5. The van der Waals surface area contributed by atoms with Gasteiger partial charge >= 0.3 is 0 Å². The number of halogens is 1. The van der Waals surface area contributed by atoms with E-state index in [0.717, 1.165) is 45.2 Å². The van der Waals surface area contributed by atoms with E-state index in [4.69, 9.17) is 4.74 Å². The van der Waals surface area contributed by atoms with Crippen LogP contribution >= 0.6 is 0 Å². The molecule has 0 aromatic heterocycles. The van der Waals surface area contributed by atoms with Crippen LogP contribution in [0.1, 0.15) is 71.3 Å². The van der Waals surface area contributed by atoms with Crippen LogP contribution < -0.4 is 5.32 Å². The number of piperidine rings is 1. The molecule has 0 radical (unpaired) electrons. The molecule has 0 bridgehead atoms. The lowest BCUT2D eigenvalue weighted by Crippen LogP contribution is -2.48. The van der Waals surface area contributed by atoms with Gasteiger partial charge in [-0.1, -0.05) is 32.9 Å². The van der Waals surface area contributed by atoms with E-state index in [1.54, 1.807) is 13.2 Å². The Labute approximate surface area is 200 Å². The molecule has 1 fully saturated rings. The number of hydrogen-bond donors (Lipinski definition) is 2. The lowest BCUT2D eigenvalue weighted by molar-refractivity contribution is -0.138. The molecular formula is C27H45FN2O3. The lowest BCUT2D eigenvalue weighted by atomic mass is 9.74. The van der Waals surface area contributed by atoms with E-state index in [1.165, 1.54) is 12.1 Å². The number of aliphatic hydroxyl groups is 1. The Morgan fingerprint density at radius 2 is 2.09 bits per heavy atom. The number of hydrogen-bond acceptors (Lipinski definition) is 4. The molecule has 1 aromatic carbocycles. The molecule has 1 heterocycles. The lowest BCUT2D eigenvalue weighted by Gasteiger charge is -2.43. The molecular weight excluding hydrogens is 419 g/mol. The summed E-state index contributed by atoms with van der Waals surface area (Å²) in [7, 11) is 3.60. The summed E-state index contributed by atoms with van der Waals surface area (Å²) in [5.74, 6) is -0.0299. The zero-order valence-corrected chi connectivity index (χ0v) is 21.3. The van der Waals surface area contributed by atoms with Gasteiger partial charge in [-0.15, -0.1) is 0 Å². The first-order valence-corrected chi connectivity index (χ1v) is 12.5. The van der Waals surface area contributed by atoms with Crippen molar-refractivity contribution in [2.24, 2.45) is 17.3 Å². The van der Waals surface area contributed by atoms with Gasteiger partial charge in [0.05, 0.1) is 5.60 Å². The van der Waals surface area contributed by atoms with E-state index in [0.29, 0.717) is 31.6 Å². The Kier molecular flexibility index (Phi) is 10.8. The first-order chi connectivity index (χ1) is 15.6. The Morgan fingerprint density at radius 1 is 1.33 bits per heavy atom. The minimum absolute atomic E-state index is 0.120. The molecule has 0 unspecified atom stereocenters. The molecule has 6 heteroatoms. The van der Waals surface area contributed by atoms with Gasteiger partial charge in [-0.25, -0.2) is 4.39 Å². The van der Waals surface area contributed by atoms with Crippen molar-refractivity contribution in [3.8, 4) is 0 Å². The number of nitrogens with zero attached hydrogens (tertiary/aromatic N) is 1. The summed E-state index contributed by atoms with van der Waals surface area (Å²) in [5.41, 5.74) is -0.392. The van der Waals surface area contributed by atoms with Crippen molar-refractivity contribution in [3.63, 3.8) is 0 Å². The Balaban J connectivity index is 2.16. The van der Waals surface area contributed by atoms with Crippen molar-refractivity contribution in [2.45, 2.75) is 71.3 Å². The van der Waals surface area contributed by atoms with Crippen molar-refractivity contribution in [3.05, 3.63) is 35.6 Å². The van der Waals surface area contributed by atoms with Crippen molar-refractivity contribution in [2.75, 3.05) is 40.4 Å². The monoisotopic (exact) mass is 464 g/mol. The van der Waals surface area contributed by atoms with Crippen LogP contribution in [0.15, 0.2) is 24.3 Å². The number of ether oxygens (including phenoxy) is 1. The topological polar surface area (TPSA) is 61.8 Å². The number of benzene rings is 1. The molecule has 2 rings (SSSR count). The maximum Gasteiger partial charge on any atom is 0.222 e. The summed E-state index contributed by atoms with van der Waals surface area (Å²) in [6.07, 6.45) is 5.30. The molecule has 5 nitrogen and oxygen atoms in total. The van der Waals surface area contributed by atoms with Gasteiger partial charge in [0.1, 0.15) is 5.82 Å². The van der Waals surface area contributed by atoms with Crippen LogP contribution in [0.4, 0.5) is 4.39 Å². The molecule has 0 saturated carbocycles. The third kappa shape index (κ3) is 8.66. The molecule has 0 aliphatic carbocycles. The standard InChI is InChI=1S/C27H45FN2O3/c1-26(2,3)18-21(19-29-4)16-25(31)30-14-9-11-23(20-30)27(32,13-6-7-15-33-5)22-10-8-12-24(28)17-22/h8,10,12,17,21,23,29,32H,6-7,9,11,13-16,18-20H2,1-5H3/t21-,23+,27+/m0/s1. The molecule has 188 valence electrons. The van der Waals surface area contributed by atoms with E-state index in [-0.39, 0.29) is 29.0 Å². The molecule has 1 aromatic rings. The summed E-state index contributed by atoms with van der Waals surface area (Å²) in [6, 6.07) is 6.32. The summed E-state index contributed by atoms with van der Waals surface area (Å²) < 4.78 is 19.2. The third-order valence-electron chi connectivity index (χ3n) is 6.79. The summed E-state index contributed by atoms with van der Waals surface area (Å²) >= 11 is 0. The van der Waals surface area contributed by atoms with Crippen molar-refractivity contribution in [1.29, 1.82) is 0 Å². The van der Waals surface area contributed by atoms with Gasteiger partial charge < -0.3 is 20.1 Å². The van der Waals surface area contributed by atoms with Crippen LogP contribution in [0.2, 0.25) is 0 Å². The average Bonchev–Trinajstić information content (AvgIpc) is 2.75. The van der Waals surface area contributed by atoms with Crippen LogP contribution in [0.25, 0.3) is 0 Å². The SMILES string of the molecule is CNC[C@@H](CC(=O)N1CCC[C@@H]([C@@](O)(CCCCOC)c2cccc(F)c2)C1)CC(C)(C)C. The molecule has 2 N–H and O–H groups in total. The fraction of sp³-hybridized carbons (Fsp3) is 0.741. The van der Waals surface area contributed by atoms with Crippen LogP contribution in [0.5, 0.6) is 0 Å². The largest absolute Gasteiger partial charge is 0.385 e. The quantitative estimate of drug-likeness (QED) is 0.439. The molecule has 0 spiro atoms. The highest BCUT2D eigenvalue weighted by molar-refractivity contribution is 5.76.